The molecule has 0 radical (unpaired) electrons. The molecule has 0 aromatic heterocycles. The molecule has 0 spiro atoms. The topological polar surface area (TPSA) is 47.3 Å². The Balaban J connectivity index is 2.42. The number of hydrogen-bond donors (Lipinski definition) is 2. The van der Waals surface area contributed by atoms with Crippen LogP contribution in [-0.2, 0) is 4.74 Å². The molecule has 1 aliphatic carbocycles. The molecule has 100 valence electrons. The minimum atomic E-state index is -0.124. The highest BCUT2D eigenvalue weighted by molar-refractivity contribution is 5.39. The quantitative estimate of drug-likeness (QED) is 0.636. The van der Waals surface area contributed by atoms with Gasteiger partial charge in [0.25, 0.3) is 0 Å². The van der Waals surface area contributed by atoms with E-state index in [2.05, 4.69) is 38.3 Å². The molecule has 3 nitrogen and oxygen atoms in total. The Morgan fingerprint density at radius 1 is 1.17 bits per heavy atom. The van der Waals surface area contributed by atoms with Gasteiger partial charge in [0.05, 0.1) is 11.6 Å². The van der Waals surface area contributed by atoms with Crippen molar-refractivity contribution in [1.82, 2.24) is 5.43 Å². The van der Waals surface area contributed by atoms with Crippen molar-refractivity contribution in [2.24, 2.45) is 5.84 Å². The first-order chi connectivity index (χ1) is 8.54. The van der Waals surface area contributed by atoms with Crippen molar-refractivity contribution >= 4 is 0 Å². The van der Waals surface area contributed by atoms with Crippen molar-refractivity contribution in [2.75, 3.05) is 7.11 Å². The minimum Gasteiger partial charge on any atom is -0.376 e. The molecular formula is C15H24N2O. The largest absolute Gasteiger partial charge is 0.376 e. The summed E-state index contributed by atoms with van der Waals surface area (Å²) < 4.78 is 5.76. The van der Waals surface area contributed by atoms with Crippen LogP contribution >= 0.6 is 0 Å². The van der Waals surface area contributed by atoms with E-state index in [4.69, 9.17) is 10.6 Å². The molecule has 1 aromatic rings. The molecule has 3 N–H and O–H groups in total. The van der Waals surface area contributed by atoms with Gasteiger partial charge in [-0.15, -0.1) is 0 Å². The van der Waals surface area contributed by atoms with Crippen LogP contribution in [0.25, 0.3) is 0 Å². The van der Waals surface area contributed by atoms with Gasteiger partial charge >= 0.3 is 0 Å². The van der Waals surface area contributed by atoms with Crippen molar-refractivity contribution < 1.29 is 4.74 Å². The Morgan fingerprint density at radius 3 is 2.22 bits per heavy atom. The summed E-state index contributed by atoms with van der Waals surface area (Å²) in [6, 6.07) is 4.56. The average molecular weight is 248 g/mol. The Kier molecular flexibility index (Phi) is 3.76. The number of rotatable bonds is 4. The number of hydrogen-bond acceptors (Lipinski definition) is 3. The number of ether oxygens (including phenoxy) is 1. The van der Waals surface area contributed by atoms with Gasteiger partial charge < -0.3 is 4.74 Å². The summed E-state index contributed by atoms with van der Waals surface area (Å²) in [5, 5.41) is 0. The molecule has 1 atom stereocenters. The van der Waals surface area contributed by atoms with Crippen LogP contribution < -0.4 is 11.3 Å². The molecule has 0 aliphatic heterocycles. The highest BCUT2D eigenvalue weighted by Crippen LogP contribution is 2.45. The molecule has 0 saturated heterocycles. The summed E-state index contributed by atoms with van der Waals surface area (Å²) in [7, 11) is 1.79. The molecular weight excluding hydrogens is 224 g/mol. The second-order valence-electron chi connectivity index (χ2n) is 5.52. The number of nitrogens with two attached hydrogens (primary N) is 1. The molecule has 0 bridgehead atoms. The van der Waals surface area contributed by atoms with Crippen LogP contribution in [0.2, 0.25) is 0 Å². The summed E-state index contributed by atoms with van der Waals surface area (Å²) in [4.78, 5) is 0. The first kappa shape index (κ1) is 13.5. The van der Waals surface area contributed by atoms with Crippen LogP contribution in [0.5, 0.6) is 0 Å². The van der Waals surface area contributed by atoms with E-state index in [0.717, 1.165) is 12.8 Å². The fraction of sp³-hybridized carbons (Fsp3) is 0.600. The fourth-order valence-corrected chi connectivity index (χ4v) is 2.95. The zero-order valence-electron chi connectivity index (χ0n) is 11.8. The van der Waals surface area contributed by atoms with E-state index in [9.17, 15) is 0 Å². The SMILES string of the molecule is COC1(C(NN)c2cc(C)c(C)cc2C)CCC1. The van der Waals surface area contributed by atoms with Gasteiger partial charge in [0.1, 0.15) is 0 Å². The minimum absolute atomic E-state index is 0.0792. The van der Waals surface area contributed by atoms with Gasteiger partial charge in [0.2, 0.25) is 0 Å². The molecule has 1 unspecified atom stereocenters. The van der Waals surface area contributed by atoms with E-state index in [1.54, 1.807) is 7.11 Å². The zero-order chi connectivity index (χ0) is 13.3. The summed E-state index contributed by atoms with van der Waals surface area (Å²) in [5.41, 5.74) is 8.03. The van der Waals surface area contributed by atoms with Crippen molar-refractivity contribution in [1.29, 1.82) is 0 Å². The lowest BCUT2D eigenvalue weighted by atomic mass is 9.71. The Labute approximate surface area is 110 Å². The van der Waals surface area contributed by atoms with Crippen LogP contribution in [0, 0.1) is 20.8 Å². The number of aryl methyl sites for hydroxylation is 3. The lowest BCUT2D eigenvalue weighted by Crippen LogP contribution is -2.52. The maximum atomic E-state index is 5.80. The number of methoxy groups -OCH3 is 1. The van der Waals surface area contributed by atoms with Gasteiger partial charge in [-0.1, -0.05) is 12.1 Å². The molecule has 1 fully saturated rings. The van der Waals surface area contributed by atoms with Gasteiger partial charge in [-0.2, -0.15) is 0 Å². The average Bonchev–Trinajstić information content (AvgIpc) is 2.29. The first-order valence-electron chi connectivity index (χ1n) is 6.63. The second kappa shape index (κ2) is 5.00. The van der Waals surface area contributed by atoms with Gasteiger partial charge in [-0.05, 0) is 62.3 Å². The third kappa shape index (κ3) is 2.07. The van der Waals surface area contributed by atoms with Gasteiger partial charge in [0, 0.05) is 7.11 Å². The monoisotopic (exact) mass is 248 g/mol. The van der Waals surface area contributed by atoms with Crippen LogP contribution in [0.3, 0.4) is 0 Å². The molecule has 0 amide bonds. The summed E-state index contributed by atoms with van der Waals surface area (Å²) >= 11 is 0. The van der Waals surface area contributed by atoms with Crippen molar-refractivity contribution in [2.45, 2.75) is 51.7 Å². The Morgan fingerprint density at radius 2 is 1.78 bits per heavy atom. The molecule has 1 aromatic carbocycles. The Hall–Kier alpha value is -0.900. The van der Waals surface area contributed by atoms with Crippen LogP contribution in [0.4, 0.5) is 0 Å². The lowest BCUT2D eigenvalue weighted by molar-refractivity contribution is -0.1000. The van der Waals surface area contributed by atoms with Crippen molar-refractivity contribution in [3.8, 4) is 0 Å². The highest BCUT2D eigenvalue weighted by Gasteiger charge is 2.45. The van der Waals surface area contributed by atoms with Crippen molar-refractivity contribution in [3.63, 3.8) is 0 Å². The molecule has 2 rings (SSSR count). The fourth-order valence-electron chi connectivity index (χ4n) is 2.95. The van der Waals surface area contributed by atoms with Gasteiger partial charge in [-0.3, -0.25) is 11.3 Å². The molecule has 0 heterocycles. The second-order valence-corrected chi connectivity index (χ2v) is 5.52. The van der Waals surface area contributed by atoms with Crippen LogP contribution in [0.1, 0.15) is 47.6 Å². The number of hydrazine groups is 1. The van der Waals surface area contributed by atoms with Gasteiger partial charge in [-0.25, -0.2) is 0 Å². The third-order valence-electron chi connectivity index (χ3n) is 4.49. The molecule has 1 aliphatic rings. The standard InChI is InChI=1S/C15H24N2O/c1-10-8-12(3)13(9-11(10)2)14(17-16)15(18-4)6-5-7-15/h8-9,14,17H,5-7,16H2,1-4H3. The van der Waals surface area contributed by atoms with E-state index in [0.29, 0.717) is 0 Å². The highest BCUT2D eigenvalue weighted by atomic mass is 16.5. The van der Waals surface area contributed by atoms with E-state index < -0.39 is 0 Å². The first-order valence-corrected chi connectivity index (χ1v) is 6.63. The summed E-state index contributed by atoms with van der Waals surface area (Å²) in [6.07, 6.45) is 3.37. The maximum absolute atomic E-state index is 5.80. The van der Waals surface area contributed by atoms with E-state index in [1.807, 2.05) is 0 Å². The third-order valence-corrected chi connectivity index (χ3v) is 4.49. The predicted molar refractivity (Wildman–Crippen MR) is 74.3 cm³/mol. The van der Waals surface area contributed by atoms with E-state index >= 15 is 0 Å². The lowest BCUT2D eigenvalue weighted by Gasteiger charge is -2.46. The molecule has 3 heteroatoms. The Bertz CT molecular complexity index is 433. The van der Waals surface area contributed by atoms with Crippen molar-refractivity contribution in [3.05, 3.63) is 34.4 Å². The molecule has 18 heavy (non-hydrogen) atoms. The van der Waals surface area contributed by atoms with E-state index in [1.165, 1.54) is 28.7 Å². The normalized spacial score (nSPS) is 19.4. The number of benzene rings is 1. The predicted octanol–water partition coefficient (Wildman–Crippen LogP) is 2.69. The number of nitrogens with one attached hydrogen (secondary N) is 1. The smallest absolute Gasteiger partial charge is 0.0885 e. The summed E-state index contributed by atoms with van der Waals surface area (Å²) in [6.45, 7) is 6.44. The summed E-state index contributed by atoms with van der Waals surface area (Å²) in [5.74, 6) is 5.80. The van der Waals surface area contributed by atoms with E-state index in [-0.39, 0.29) is 11.6 Å². The van der Waals surface area contributed by atoms with Crippen LogP contribution in [0.15, 0.2) is 12.1 Å². The van der Waals surface area contributed by atoms with Crippen LogP contribution in [-0.4, -0.2) is 12.7 Å². The zero-order valence-corrected chi connectivity index (χ0v) is 11.8. The maximum Gasteiger partial charge on any atom is 0.0885 e. The molecule has 1 saturated carbocycles. The van der Waals surface area contributed by atoms with Gasteiger partial charge in [0.15, 0.2) is 0 Å².